The van der Waals surface area contributed by atoms with Crippen LogP contribution in [-0.4, -0.2) is 58.1 Å². The van der Waals surface area contributed by atoms with Gasteiger partial charge in [-0.15, -0.1) is 0 Å². The predicted octanol–water partition coefficient (Wildman–Crippen LogP) is 3.61. The lowest BCUT2D eigenvalue weighted by Crippen LogP contribution is -2.52. The van der Waals surface area contributed by atoms with E-state index in [-0.39, 0.29) is 18.9 Å². The molecule has 0 aliphatic carbocycles. The number of ether oxygens (including phenoxy) is 1. The van der Waals surface area contributed by atoms with E-state index in [0.29, 0.717) is 15.9 Å². The summed E-state index contributed by atoms with van der Waals surface area (Å²) in [5.74, 6) is -0.268. The summed E-state index contributed by atoms with van der Waals surface area (Å²) >= 11 is 3.38. The molecule has 196 valence electrons. The van der Waals surface area contributed by atoms with E-state index in [4.69, 9.17) is 4.74 Å². The lowest BCUT2D eigenvalue weighted by molar-refractivity contribution is -0.139. The number of likely N-dealkylation sites (N-methyl/N-ethyl adjacent to an activating group) is 1. The summed E-state index contributed by atoms with van der Waals surface area (Å²) in [4.78, 5) is 28.4. The molecular formula is C27H30BrN3O5S. The van der Waals surface area contributed by atoms with Crippen molar-refractivity contribution in [3.8, 4) is 5.75 Å². The first kappa shape index (κ1) is 28.2. The number of nitrogens with one attached hydrogen (secondary N) is 1. The molecule has 3 rings (SSSR count). The largest absolute Gasteiger partial charge is 0.497 e. The molecular weight excluding hydrogens is 558 g/mol. The fourth-order valence-electron chi connectivity index (χ4n) is 3.94. The molecule has 2 amide bonds. The second kappa shape index (κ2) is 12.7. The number of sulfonamides is 1. The van der Waals surface area contributed by atoms with E-state index in [0.717, 1.165) is 21.7 Å². The molecule has 0 radical (unpaired) electrons. The Balaban J connectivity index is 2.04. The van der Waals surface area contributed by atoms with E-state index in [9.17, 15) is 18.0 Å². The predicted molar refractivity (Wildman–Crippen MR) is 148 cm³/mol. The maximum absolute atomic E-state index is 13.9. The molecule has 0 aromatic heterocycles. The first-order valence-electron chi connectivity index (χ1n) is 11.5. The molecule has 3 aromatic carbocycles. The Kier molecular flexibility index (Phi) is 9.71. The summed E-state index contributed by atoms with van der Waals surface area (Å²) in [6.45, 7) is -0.401. The van der Waals surface area contributed by atoms with Crippen molar-refractivity contribution >= 4 is 43.5 Å². The Morgan fingerprint density at radius 2 is 1.62 bits per heavy atom. The molecule has 0 bridgehead atoms. The van der Waals surface area contributed by atoms with Gasteiger partial charge < -0.3 is 15.0 Å². The minimum atomic E-state index is -3.83. The maximum atomic E-state index is 13.9. The summed E-state index contributed by atoms with van der Waals surface area (Å²) in [6, 6.07) is 22.5. The normalized spacial score (nSPS) is 11.9. The first-order chi connectivity index (χ1) is 17.6. The lowest BCUT2D eigenvalue weighted by atomic mass is 10.0. The van der Waals surface area contributed by atoms with E-state index in [1.807, 2.05) is 36.4 Å². The molecule has 0 saturated heterocycles. The number of benzene rings is 3. The maximum Gasteiger partial charge on any atom is 0.244 e. The number of hydrogen-bond donors (Lipinski definition) is 1. The number of carbonyl (C=O) groups excluding carboxylic acids is 2. The van der Waals surface area contributed by atoms with E-state index in [1.165, 1.54) is 11.9 Å². The van der Waals surface area contributed by atoms with Crippen LogP contribution in [0.3, 0.4) is 0 Å². The van der Waals surface area contributed by atoms with Crippen molar-refractivity contribution < 1.29 is 22.7 Å². The molecule has 0 saturated carbocycles. The van der Waals surface area contributed by atoms with Crippen LogP contribution in [0, 0.1) is 0 Å². The van der Waals surface area contributed by atoms with Crippen LogP contribution in [0.1, 0.15) is 11.1 Å². The molecule has 1 N–H and O–H groups in total. The number of nitrogens with zero attached hydrogens (tertiary/aromatic N) is 2. The molecule has 0 aliphatic rings. The Bertz CT molecular complexity index is 1330. The van der Waals surface area contributed by atoms with Crippen molar-refractivity contribution in [2.75, 3.05) is 31.3 Å². The number of para-hydroxylation sites is 1. The van der Waals surface area contributed by atoms with Crippen molar-refractivity contribution in [2.45, 2.75) is 19.0 Å². The van der Waals surface area contributed by atoms with Gasteiger partial charge in [0.25, 0.3) is 0 Å². The Hall–Kier alpha value is -3.37. The van der Waals surface area contributed by atoms with Crippen LogP contribution in [0.15, 0.2) is 83.3 Å². The van der Waals surface area contributed by atoms with Crippen molar-refractivity contribution in [1.29, 1.82) is 0 Å². The molecule has 1 unspecified atom stereocenters. The average Bonchev–Trinajstić information content (AvgIpc) is 2.89. The van der Waals surface area contributed by atoms with E-state index in [2.05, 4.69) is 21.2 Å². The van der Waals surface area contributed by atoms with Crippen LogP contribution in [0.2, 0.25) is 0 Å². The van der Waals surface area contributed by atoms with Gasteiger partial charge in [-0.3, -0.25) is 13.9 Å². The van der Waals surface area contributed by atoms with Crippen molar-refractivity contribution in [2.24, 2.45) is 0 Å². The lowest BCUT2D eigenvalue weighted by Gasteiger charge is -2.33. The van der Waals surface area contributed by atoms with Crippen molar-refractivity contribution in [3.63, 3.8) is 0 Å². The molecule has 37 heavy (non-hydrogen) atoms. The minimum Gasteiger partial charge on any atom is -0.497 e. The fourth-order valence-corrected chi connectivity index (χ4v) is 5.41. The minimum absolute atomic E-state index is 0.0779. The van der Waals surface area contributed by atoms with Crippen molar-refractivity contribution in [3.05, 3.63) is 94.5 Å². The van der Waals surface area contributed by atoms with E-state index >= 15 is 0 Å². The van der Waals surface area contributed by atoms with Gasteiger partial charge in [-0.1, -0.05) is 54.6 Å². The van der Waals surface area contributed by atoms with Gasteiger partial charge in [0.1, 0.15) is 18.3 Å². The smallest absolute Gasteiger partial charge is 0.244 e. The SMILES string of the molecule is CNC(=O)C(Cc1ccccc1)N(Cc1cccc(OC)c1)C(=O)CN(c1ccccc1Br)S(C)(=O)=O. The summed E-state index contributed by atoms with van der Waals surface area (Å²) < 4.78 is 32.4. The third kappa shape index (κ3) is 7.56. The Morgan fingerprint density at radius 1 is 0.973 bits per heavy atom. The number of carbonyl (C=O) groups is 2. The molecule has 1 atom stereocenters. The zero-order valence-corrected chi connectivity index (χ0v) is 23.3. The van der Waals surface area contributed by atoms with Gasteiger partial charge in [-0.05, 0) is 51.3 Å². The molecule has 10 heteroatoms. The van der Waals surface area contributed by atoms with Gasteiger partial charge in [0, 0.05) is 24.5 Å². The molecule has 8 nitrogen and oxygen atoms in total. The number of amides is 2. The number of methoxy groups -OCH3 is 1. The van der Waals surface area contributed by atoms with Crippen LogP contribution in [0.5, 0.6) is 5.75 Å². The number of rotatable bonds is 11. The van der Waals surface area contributed by atoms with Crippen LogP contribution in [-0.2, 0) is 32.6 Å². The van der Waals surface area contributed by atoms with Gasteiger partial charge in [-0.25, -0.2) is 8.42 Å². The highest BCUT2D eigenvalue weighted by Crippen LogP contribution is 2.28. The third-order valence-corrected chi connectivity index (χ3v) is 7.60. The fraction of sp³-hybridized carbons (Fsp3) is 0.259. The summed E-state index contributed by atoms with van der Waals surface area (Å²) in [6.07, 6.45) is 1.30. The zero-order valence-electron chi connectivity index (χ0n) is 20.9. The quantitative estimate of drug-likeness (QED) is 0.370. The van der Waals surface area contributed by atoms with E-state index < -0.39 is 28.5 Å². The Labute approximate surface area is 226 Å². The van der Waals surface area contributed by atoms with Crippen LogP contribution in [0.4, 0.5) is 5.69 Å². The van der Waals surface area contributed by atoms with Gasteiger partial charge in [0.05, 0.1) is 19.1 Å². The van der Waals surface area contributed by atoms with Crippen LogP contribution >= 0.6 is 15.9 Å². The van der Waals surface area contributed by atoms with Gasteiger partial charge >= 0.3 is 0 Å². The highest BCUT2D eigenvalue weighted by molar-refractivity contribution is 9.10. The molecule has 0 spiro atoms. The zero-order chi connectivity index (χ0) is 27.0. The average molecular weight is 589 g/mol. The Morgan fingerprint density at radius 3 is 2.24 bits per heavy atom. The third-order valence-electron chi connectivity index (χ3n) is 5.80. The number of anilines is 1. The summed E-state index contributed by atoms with van der Waals surface area (Å²) in [5, 5.41) is 2.66. The monoisotopic (exact) mass is 587 g/mol. The second-order valence-corrected chi connectivity index (χ2v) is 11.2. The van der Waals surface area contributed by atoms with Crippen molar-refractivity contribution in [1.82, 2.24) is 10.2 Å². The topological polar surface area (TPSA) is 96.0 Å². The number of hydrogen-bond acceptors (Lipinski definition) is 5. The van der Waals surface area contributed by atoms with Gasteiger partial charge in [0.2, 0.25) is 21.8 Å². The molecule has 0 fully saturated rings. The standard InChI is InChI=1S/C27H30BrN3O5S/c1-29-27(33)25(17-20-10-5-4-6-11-20)30(18-21-12-9-13-22(16-21)36-2)26(32)19-31(37(3,34)35)24-15-8-7-14-23(24)28/h4-16,25H,17-19H2,1-3H3,(H,29,33). The highest BCUT2D eigenvalue weighted by atomic mass is 79.9. The molecule has 3 aromatic rings. The highest BCUT2D eigenvalue weighted by Gasteiger charge is 2.33. The summed E-state index contributed by atoms with van der Waals surface area (Å²) in [7, 11) is -0.767. The van der Waals surface area contributed by atoms with Crippen LogP contribution in [0.25, 0.3) is 0 Å². The van der Waals surface area contributed by atoms with E-state index in [1.54, 1.807) is 49.6 Å². The second-order valence-electron chi connectivity index (χ2n) is 8.41. The van der Waals surface area contributed by atoms with Gasteiger partial charge in [-0.2, -0.15) is 0 Å². The molecule has 0 aliphatic heterocycles. The first-order valence-corrected chi connectivity index (χ1v) is 14.2. The summed E-state index contributed by atoms with van der Waals surface area (Å²) in [5.41, 5.74) is 1.94. The van der Waals surface area contributed by atoms with Crippen LogP contribution < -0.4 is 14.4 Å². The number of halogens is 1. The van der Waals surface area contributed by atoms with Gasteiger partial charge in [0.15, 0.2) is 0 Å². The molecule has 0 heterocycles.